The van der Waals surface area contributed by atoms with E-state index in [9.17, 15) is 14.9 Å². The number of carbonyl (C=O) groups is 1. The number of rotatable bonds is 4. The van der Waals surface area contributed by atoms with Crippen LogP contribution in [0.1, 0.15) is 21.5 Å². The van der Waals surface area contributed by atoms with Gasteiger partial charge in [-0.15, -0.1) is 0 Å². The molecule has 2 aromatic rings. The van der Waals surface area contributed by atoms with E-state index >= 15 is 0 Å². The number of carbonyl (C=O) groups excluding carboxylic acids is 1. The number of nitro benzene ring substituents is 1. The van der Waals surface area contributed by atoms with Gasteiger partial charge in [0, 0.05) is 12.1 Å². The van der Waals surface area contributed by atoms with Crippen LogP contribution in [0, 0.1) is 17.0 Å². The average Bonchev–Trinajstić information content (AvgIpc) is 2.49. The Hall–Kier alpha value is -2.73. The van der Waals surface area contributed by atoms with Crippen molar-refractivity contribution in [3.63, 3.8) is 0 Å². The Morgan fingerprint density at radius 1 is 1.27 bits per heavy atom. The first-order chi connectivity index (χ1) is 10.5. The van der Waals surface area contributed by atoms with Gasteiger partial charge in [0.15, 0.2) is 0 Å². The first-order valence-electron chi connectivity index (χ1n) is 6.31. The molecule has 0 radical (unpaired) electrons. The summed E-state index contributed by atoms with van der Waals surface area (Å²) in [4.78, 5) is 22.1. The Bertz CT molecular complexity index is 742. The number of hydrogen-bond donors (Lipinski definition) is 1. The Balaban J connectivity index is 2.10. The molecule has 0 unspecified atom stereocenters. The molecule has 0 aliphatic carbocycles. The van der Waals surface area contributed by atoms with Crippen LogP contribution in [0.3, 0.4) is 0 Å². The van der Waals surface area contributed by atoms with Crippen LogP contribution in [-0.4, -0.2) is 17.0 Å². The molecule has 0 fully saturated rings. The van der Waals surface area contributed by atoms with Gasteiger partial charge in [-0.25, -0.2) is 5.43 Å². The molecule has 0 saturated heterocycles. The molecule has 2 rings (SSSR count). The molecule has 2 aromatic carbocycles. The van der Waals surface area contributed by atoms with Gasteiger partial charge >= 0.3 is 0 Å². The van der Waals surface area contributed by atoms with Crippen molar-refractivity contribution in [1.82, 2.24) is 5.43 Å². The number of non-ortho nitro benzene ring substituents is 1. The van der Waals surface area contributed by atoms with Gasteiger partial charge in [0.2, 0.25) is 0 Å². The third-order valence-electron chi connectivity index (χ3n) is 2.86. The van der Waals surface area contributed by atoms with Crippen molar-refractivity contribution >= 4 is 29.4 Å². The number of halogens is 1. The number of nitrogens with zero attached hydrogens (tertiary/aromatic N) is 2. The molecule has 0 atom stereocenters. The second kappa shape index (κ2) is 6.82. The van der Waals surface area contributed by atoms with Crippen LogP contribution in [0.5, 0.6) is 0 Å². The van der Waals surface area contributed by atoms with Crippen molar-refractivity contribution in [1.29, 1.82) is 0 Å². The smallest absolute Gasteiger partial charge is 0.267 e. The zero-order valence-electron chi connectivity index (χ0n) is 11.6. The van der Waals surface area contributed by atoms with E-state index in [2.05, 4.69) is 10.5 Å². The summed E-state index contributed by atoms with van der Waals surface area (Å²) in [6.07, 6.45) is 1.47. The van der Waals surface area contributed by atoms with E-state index in [4.69, 9.17) is 11.6 Å². The number of hydrogen-bond acceptors (Lipinski definition) is 4. The summed E-state index contributed by atoms with van der Waals surface area (Å²) < 4.78 is 0. The lowest BCUT2D eigenvalue weighted by Gasteiger charge is -2.02. The van der Waals surface area contributed by atoms with Crippen molar-refractivity contribution < 1.29 is 9.72 Å². The van der Waals surface area contributed by atoms with E-state index in [0.29, 0.717) is 0 Å². The normalized spacial score (nSPS) is 10.6. The van der Waals surface area contributed by atoms with Crippen LogP contribution in [0.25, 0.3) is 0 Å². The molecule has 0 aliphatic heterocycles. The zero-order chi connectivity index (χ0) is 16.1. The van der Waals surface area contributed by atoms with Gasteiger partial charge in [-0.1, -0.05) is 41.4 Å². The minimum atomic E-state index is -0.614. The summed E-state index contributed by atoms with van der Waals surface area (Å²) in [5.74, 6) is -0.614. The first kappa shape index (κ1) is 15.7. The molecular weight excluding hydrogens is 306 g/mol. The Morgan fingerprint density at radius 3 is 2.59 bits per heavy atom. The maximum atomic E-state index is 12.0. The van der Waals surface area contributed by atoms with Crippen molar-refractivity contribution in [3.8, 4) is 0 Å². The lowest BCUT2D eigenvalue weighted by Crippen LogP contribution is -2.18. The zero-order valence-corrected chi connectivity index (χ0v) is 12.4. The summed E-state index contributed by atoms with van der Waals surface area (Å²) in [5, 5.41) is 14.6. The van der Waals surface area contributed by atoms with E-state index in [-0.39, 0.29) is 16.3 Å². The van der Waals surface area contributed by atoms with Crippen molar-refractivity contribution in [2.75, 3.05) is 0 Å². The Morgan fingerprint density at radius 2 is 1.95 bits per heavy atom. The number of aryl methyl sites for hydroxylation is 1. The largest absolute Gasteiger partial charge is 0.273 e. The fraction of sp³-hybridized carbons (Fsp3) is 0.0667. The van der Waals surface area contributed by atoms with E-state index in [0.717, 1.165) is 17.2 Å². The summed E-state index contributed by atoms with van der Waals surface area (Å²) in [6, 6.07) is 11.2. The fourth-order valence-corrected chi connectivity index (χ4v) is 1.88. The van der Waals surface area contributed by atoms with Crippen LogP contribution in [-0.2, 0) is 0 Å². The molecule has 112 valence electrons. The molecule has 0 spiro atoms. The van der Waals surface area contributed by atoms with Gasteiger partial charge in [0.25, 0.3) is 11.6 Å². The van der Waals surface area contributed by atoms with Crippen molar-refractivity contribution in [2.24, 2.45) is 5.10 Å². The van der Waals surface area contributed by atoms with E-state index in [1.165, 1.54) is 18.3 Å². The summed E-state index contributed by atoms with van der Waals surface area (Å²) in [5.41, 5.74) is 4.01. The Kier molecular flexibility index (Phi) is 4.85. The van der Waals surface area contributed by atoms with E-state index < -0.39 is 10.8 Å². The van der Waals surface area contributed by atoms with Crippen molar-refractivity contribution in [2.45, 2.75) is 6.92 Å². The van der Waals surface area contributed by atoms with Gasteiger partial charge in [0.05, 0.1) is 21.7 Å². The number of amides is 1. The second-order valence-corrected chi connectivity index (χ2v) is 4.94. The SMILES string of the molecule is Cc1ccc(C=NNC(=O)c2cc([N+](=O)[O-])ccc2Cl)cc1. The standard InChI is InChI=1S/C15H12ClN3O3/c1-10-2-4-11(5-3-10)9-17-18-15(20)13-8-12(19(21)22)6-7-14(13)16/h2-9H,1H3,(H,18,20). The maximum Gasteiger partial charge on any atom is 0.273 e. The topological polar surface area (TPSA) is 84.6 Å². The average molecular weight is 318 g/mol. The number of hydrazone groups is 1. The predicted octanol–water partition coefficient (Wildman–Crippen LogP) is 3.32. The van der Waals surface area contributed by atoms with Gasteiger partial charge < -0.3 is 0 Å². The molecule has 7 heteroatoms. The van der Waals surface area contributed by atoms with Crippen LogP contribution < -0.4 is 5.43 Å². The van der Waals surface area contributed by atoms with Gasteiger partial charge in [-0.3, -0.25) is 14.9 Å². The molecule has 0 aliphatic rings. The highest BCUT2D eigenvalue weighted by Crippen LogP contribution is 2.21. The van der Waals surface area contributed by atoms with E-state index in [1.54, 1.807) is 0 Å². The van der Waals surface area contributed by atoms with E-state index in [1.807, 2.05) is 31.2 Å². The summed E-state index contributed by atoms with van der Waals surface area (Å²) in [7, 11) is 0. The quantitative estimate of drug-likeness (QED) is 0.533. The highest BCUT2D eigenvalue weighted by molar-refractivity contribution is 6.33. The molecule has 1 N–H and O–H groups in total. The maximum absolute atomic E-state index is 12.0. The second-order valence-electron chi connectivity index (χ2n) is 4.53. The summed E-state index contributed by atoms with van der Waals surface area (Å²) in [6.45, 7) is 1.97. The monoisotopic (exact) mass is 317 g/mol. The van der Waals surface area contributed by atoms with Crippen LogP contribution in [0.2, 0.25) is 5.02 Å². The molecule has 0 aromatic heterocycles. The minimum Gasteiger partial charge on any atom is -0.267 e. The molecular formula is C15H12ClN3O3. The minimum absolute atomic E-state index is 0.00285. The van der Waals surface area contributed by atoms with Crippen LogP contribution >= 0.6 is 11.6 Å². The number of nitrogens with one attached hydrogen (secondary N) is 1. The highest BCUT2D eigenvalue weighted by atomic mass is 35.5. The van der Waals surface area contributed by atoms with Gasteiger partial charge in [-0.05, 0) is 18.6 Å². The molecule has 0 heterocycles. The lowest BCUT2D eigenvalue weighted by molar-refractivity contribution is -0.384. The highest BCUT2D eigenvalue weighted by Gasteiger charge is 2.15. The van der Waals surface area contributed by atoms with Crippen LogP contribution in [0.15, 0.2) is 47.6 Å². The van der Waals surface area contributed by atoms with Crippen molar-refractivity contribution in [3.05, 3.63) is 74.3 Å². The molecule has 0 bridgehead atoms. The number of nitro groups is 1. The van der Waals surface area contributed by atoms with Gasteiger partial charge in [-0.2, -0.15) is 5.10 Å². The third-order valence-corrected chi connectivity index (χ3v) is 3.19. The molecule has 6 nitrogen and oxygen atoms in total. The molecule has 22 heavy (non-hydrogen) atoms. The Labute approximate surface area is 131 Å². The predicted molar refractivity (Wildman–Crippen MR) is 84.3 cm³/mol. The fourth-order valence-electron chi connectivity index (χ4n) is 1.68. The van der Waals surface area contributed by atoms with Crippen LogP contribution in [0.4, 0.5) is 5.69 Å². The summed E-state index contributed by atoms with van der Waals surface area (Å²) >= 11 is 5.87. The lowest BCUT2D eigenvalue weighted by atomic mass is 10.2. The first-order valence-corrected chi connectivity index (χ1v) is 6.69. The molecule has 0 saturated carbocycles. The van der Waals surface area contributed by atoms with Gasteiger partial charge in [0.1, 0.15) is 0 Å². The third kappa shape index (κ3) is 3.89. The number of benzene rings is 2. The molecule has 1 amide bonds.